The zero-order valence-corrected chi connectivity index (χ0v) is 16.9. The van der Waals surface area contributed by atoms with Gasteiger partial charge in [0.25, 0.3) is 0 Å². The number of benzene rings is 3. The van der Waals surface area contributed by atoms with Crippen LogP contribution < -0.4 is 9.62 Å². The number of ether oxygens (including phenoxy) is 1. The highest BCUT2D eigenvalue weighted by Crippen LogP contribution is 2.38. The number of hydrogen-bond donors (Lipinski definition) is 1. The van der Waals surface area contributed by atoms with Crippen LogP contribution in [0.25, 0.3) is 16.6 Å². The Balaban J connectivity index is 1.48. The topological polar surface area (TPSA) is 82.8 Å². The van der Waals surface area contributed by atoms with Crippen molar-refractivity contribution in [1.29, 1.82) is 0 Å². The minimum atomic E-state index is -0.969. The standard InChI is InChI=1S/C25H18N2O5/c28-25(29)15-5-6-23-20(9-15)19(18-4-2-1-3-16(18)12-30-23)7-8-27-14-26-21-11-24-17(10-22(21)27)13-31-32-24/h1-7,9-11,14H,8,12-13H2,(H,28,29)/b19-7-. The minimum absolute atomic E-state index is 0.223. The molecule has 158 valence electrons. The molecule has 2 aliphatic heterocycles. The maximum absolute atomic E-state index is 11.6. The first kappa shape index (κ1) is 18.7. The van der Waals surface area contributed by atoms with Crippen LogP contribution in [0.5, 0.6) is 11.5 Å². The molecule has 0 saturated heterocycles. The Bertz CT molecular complexity index is 1420. The lowest BCUT2D eigenvalue weighted by Gasteiger charge is -2.12. The largest absolute Gasteiger partial charge is 0.488 e. The molecular formula is C25H18N2O5. The molecule has 4 aromatic rings. The fourth-order valence-corrected chi connectivity index (χ4v) is 4.24. The Morgan fingerprint density at radius 3 is 2.84 bits per heavy atom. The van der Waals surface area contributed by atoms with E-state index in [1.807, 2.05) is 36.4 Å². The lowest BCUT2D eigenvalue weighted by molar-refractivity contribution is -0.194. The van der Waals surface area contributed by atoms with Gasteiger partial charge in [0.05, 0.1) is 22.9 Å². The van der Waals surface area contributed by atoms with Crippen LogP contribution in [0, 0.1) is 0 Å². The van der Waals surface area contributed by atoms with Crippen LogP contribution in [0.15, 0.2) is 67.0 Å². The van der Waals surface area contributed by atoms with Crippen LogP contribution >= 0.6 is 0 Å². The number of nitrogens with zero attached hydrogens (tertiary/aromatic N) is 2. The average Bonchev–Trinajstić information content (AvgIpc) is 3.39. The van der Waals surface area contributed by atoms with E-state index < -0.39 is 5.97 Å². The number of aromatic nitrogens is 2. The highest BCUT2D eigenvalue weighted by atomic mass is 17.2. The molecule has 0 spiro atoms. The van der Waals surface area contributed by atoms with E-state index in [1.54, 1.807) is 24.5 Å². The van der Waals surface area contributed by atoms with E-state index in [-0.39, 0.29) is 5.56 Å². The van der Waals surface area contributed by atoms with Gasteiger partial charge in [-0.15, -0.1) is 0 Å². The maximum Gasteiger partial charge on any atom is 0.335 e. The molecule has 7 nitrogen and oxygen atoms in total. The molecule has 32 heavy (non-hydrogen) atoms. The number of allylic oxidation sites excluding steroid dienone is 1. The van der Waals surface area contributed by atoms with Gasteiger partial charge in [-0.2, -0.15) is 4.89 Å². The summed E-state index contributed by atoms with van der Waals surface area (Å²) >= 11 is 0. The van der Waals surface area contributed by atoms with Gasteiger partial charge >= 0.3 is 5.97 Å². The quantitative estimate of drug-likeness (QED) is 0.483. The lowest BCUT2D eigenvalue weighted by atomic mass is 9.93. The third-order valence-corrected chi connectivity index (χ3v) is 5.87. The van der Waals surface area contributed by atoms with E-state index in [4.69, 9.17) is 14.5 Å². The van der Waals surface area contributed by atoms with Crippen molar-refractivity contribution in [3.63, 3.8) is 0 Å². The second-order valence-corrected chi connectivity index (χ2v) is 7.77. The molecule has 0 atom stereocenters. The van der Waals surface area contributed by atoms with Gasteiger partial charge in [-0.1, -0.05) is 30.3 Å². The van der Waals surface area contributed by atoms with Crippen LogP contribution in [-0.4, -0.2) is 20.6 Å². The third-order valence-electron chi connectivity index (χ3n) is 5.87. The van der Waals surface area contributed by atoms with Gasteiger partial charge in [0.2, 0.25) is 0 Å². The maximum atomic E-state index is 11.6. The fraction of sp³-hybridized carbons (Fsp3) is 0.120. The molecule has 2 aliphatic rings. The second kappa shape index (κ2) is 7.25. The molecule has 3 aromatic carbocycles. The second-order valence-electron chi connectivity index (χ2n) is 7.77. The zero-order chi connectivity index (χ0) is 21.7. The number of rotatable bonds is 3. The first-order valence-corrected chi connectivity index (χ1v) is 10.2. The Hall–Kier alpha value is -4.10. The minimum Gasteiger partial charge on any atom is -0.488 e. The van der Waals surface area contributed by atoms with Gasteiger partial charge in [0.1, 0.15) is 19.0 Å². The molecule has 3 heterocycles. The first-order valence-electron chi connectivity index (χ1n) is 10.2. The Morgan fingerprint density at radius 2 is 1.94 bits per heavy atom. The van der Waals surface area contributed by atoms with Gasteiger partial charge in [-0.05, 0) is 41.0 Å². The van der Waals surface area contributed by atoms with Crippen molar-refractivity contribution >= 4 is 22.6 Å². The summed E-state index contributed by atoms with van der Waals surface area (Å²) < 4.78 is 8.07. The van der Waals surface area contributed by atoms with E-state index in [1.165, 1.54) is 0 Å². The molecule has 0 saturated carbocycles. The van der Waals surface area contributed by atoms with Crippen molar-refractivity contribution in [2.75, 3.05) is 0 Å². The first-order chi connectivity index (χ1) is 15.7. The van der Waals surface area contributed by atoms with Crippen molar-refractivity contribution < 1.29 is 24.4 Å². The van der Waals surface area contributed by atoms with Gasteiger partial charge in [-0.3, -0.25) is 0 Å². The summed E-state index contributed by atoms with van der Waals surface area (Å²) in [6.45, 7) is 1.39. The van der Waals surface area contributed by atoms with Crippen LogP contribution in [-0.2, 0) is 24.6 Å². The van der Waals surface area contributed by atoms with Crippen molar-refractivity contribution in [1.82, 2.24) is 9.55 Å². The molecule has 0 bridgehead atoms. The summed E-state index contributed by atoms with van der Waals surface area (Å²) in [5.41, 5.74) is 6.79. The molecule has 1 N–H and O–H groups in total. The number of carbonyl (C=O) groups is 1. The summed E-state index contributed by atoms with van der Waals surface area (Å²) in [5, 5.41) is 9.52. The number of carboxylic acids is 1. The van der Waals surface area contributed by atoms with Crippen LogP contribution in [0.2, 0.25) is 0 Å². The van der Waals surface area contributed by atoms with E-state index in [2.05, 4.69) is 15.6 Å². The zero-order valence-electron chi connectivity index (χ0n) is 16.9. The lowest BCUT2D eigenvalue weighted by Crippen LogP contribution is -2.00. The summed E-state index contributed by atoms with van der Waals surface area (Å²) in [6.07, 6.45) is 3.89. The monoisotopic (exact) mass is 426 g/mol. The fourth-order valence-electron chi connectivity index (χ4n) is 4.24. The van der Waals surface area contributed by atoms with Gasteiger partial charge in [0, 0.05) is 23.7 Å². The van der Waals surface area contributed by atoms with Crippen molar-refractivity contribution in [3.05, 3.63) is 94.8 Å². The number of imidazole rings is 1. The van der Waals surface area contributed by atoms with Crippen LogP contribution in [0.1, 0.15) is 32.6 Å². The van der Waals surface area contributed by atoms with E-state index in [0.717, 1.165) is 38.9 Å². The number of carboxylic acid groups (broad SMARTS) is 1. The number of aromatic carboxylic acids is 1. The summed E-state index contributed by atoms with van der Waals surface area (Å²) in [7, 11) is 0. The van der Waals surface area contributed by atoms with Crippen LogP contribution in [0.3, 0.4) is 0 Å². The number of fused-ring (bicyclic) bond motifs is 4. The van der Waals surface area contributed by atoms with E-state index in [9.17, 15) is 9.90 Å². The van der Waals surface area contributed by atoms with Crippen molar-refractivity contribution in [3.8, 4) is 11.5 Å². The van der Waals surface area contributed by atoms with Crippen LogP contribution in [0.4, 0.5) is 0 Å². The smallest absolute Gasteiger partial charge is 0.335 e. The summed E-state index contributed by atoms with van der Waals surface area (Å²) in [6, 6.07) is 16.9. The Labute approximate surface area is 183 Å². The molecule has 1 aromatic heterocycles. The molecule has 0 radical (unpaired) electrons. The molecule has 0 aliphatic carbocycles. The van der Waals surface area contributed by atoms with Gasteiger partial charge in [0.15, 0.2) is 5.75 Å². The van der Waals surface area contributed by atoms with Crippen molar-refractivity contribution in [2.45, 2.75) is 19.8 Å². The Morgan fingerprint density at radius 1 is 1.03 bits per heavy atom. The van der Waals surface area contributed by atoms with Gasteiger partial charge < -0.3 is 19.3 Å². The molecule has 6 rings (SSSR count). The molecule has 0 unspecified atom stereocenters. The number of hydrogen-bond acceptors (Lipinski definition) is 5. The normalized spacial score (nSPS) is 15.4. The predicted molar refractivity (Wildman–Crippen MR) is 116 cm³/mol. The van der Waals surface area contributed by atoms with Crippen molar-refractivity contribution in [2.24, 2.45) is 0 Å². The summed E-state index contributed by atoms with van der Waals surface area (Å²) in [5.74, 6) is 0.398. The summed E-state index contributed by atoms with van der Waals surface area (Å²) in [4.78, 5) is 26.3. The third kappa shape index (κ3) is 3.02. The predicted octanol–water partition coefficient (Wildman–Crippen LogP) is 4.58. The average molecular weight is 426 g/mol. The molecular weight excluding hydrogens is 408 g/mol. The van der Waals surface area contributed by atoms with Gasteiger partial charge in [-0.25, -0.2) is 9.78 Å². The highest BCUT2D eigenvalue weighted by Gasteiger charge is 2.21. The van der Waals surface area contributed by atoms with E-state index in [0.29, 0.717) is 31.3 Å². The highest BCUT2D eigenvalue weighted by molar-refractivity contribution is 5.92. The molecule has 7 heteroatoms. The Kier molecular flexibility index (Phi) is 4.22. The molecule has 0 fully saturated rings. The SMILES string of the molecule is O=C(O)c1ccc2c(c1)/C(=C\Cn1cnc3cc4c(cc31)COO4)c1ccccc1CO2. The van der Waals surface area contributed by atoms with E-state index >= 15 is 0 Å². The molecule has 0 amide bonds.